The number of aryl methyl sites for hydroxylation is 1. The smallest absolute Gasteiger partial charge is 0.0771 e. The molecule has 0 aromatic heterocycles. The lowest BCUT2D eigenvalue weighted by Crippen LogP contribution is -1.87. The Labute approximate surface area is 86.5 Å². The molecule has 0 N–H and O–H groups in total. The van der Waals surface area contributed by atoms with Crippen molar-refractivity contribution in [1.29, 1.82) is 0 Å². The number of benzene rings is 1. The zero-order valence-electron chi connectivity index (χ0n) is 8.15. The Morgan fingerprint density at radius 2 is 2.29 bits per heavy atom. The standard InChI is InChI=1S/C11H11NOS/c1-4-7-12-11-6-5-10(14(3)13)8-9(11)2/h1,5-8H,2-3H3. The average Bonchev–Trinajstić information content (AvgIpc) is 2.15. The van der Waals surface area contributed by atoms with Gasteiger partial charge in [0.25, 0.3) is 0 Å². The summed E-state index contributed by atoms with van der Waals surface area (Å²) in [4.78, 5) is 4.87. The van der Waals surface area contributed by atoms with Crippen molar-refractivity contribution >= 4 is 22.7 Å². The fourth-order valence-corrected chi connectivity index (χ4v) is 1.66. The topological polar surface area (TPSA) is 29.4 Å². The summed E-state index contributed by atoms with van der Waals surface area (Å²) >= 11 is 0. The summed E-state index contributed by atoms with van der Waals surface area (Å²) < 4.78 is 11.2. The molecule has 14 heavy (non-hydrogen) atoms. The van der Waals surface area contributed by atoms with Gasteiger partial charge in [-0.25, -0.2) is 4.99 Å². The van der Waals surface area contributed by atoms with Gasteiger partial charge in [0.1, 0.15) is 0 Å². The number of nitrogens with zero attached hydrogens (tertiary/aromatic N) is 1. The van der Waals surface area contributed by atoms with E-state index in [-0.39, 0.29) is 0 Å². The van der Waals surface area contributed by atoms with Gasteiger partial charge in [-0.2, -0.15) is 0 Å². The largest absolute Gasteiger partial charge is 0.255 e. The maximum absolute atomic E-state index is 11.2. The minimum atomic E-state index is -0.945. The third-order valence-electron chi connectivity index (χ3n) is 1.78. The molecule has 0 heterocycles. The molecule has 0 aliphatic rings. The molecule has 1 atom stereocenters. The zero-order valence-corrected chi connectivity index (χ0v) is 8.97. The summed E-state index contributed by atoms with van der Waals surface area (Å²) in [6.07, 6.45) is 8.12. The second-order valence-electron chi connectivity index (χ2n) is 2.83. The van der Waals surface area contributed by atoms with Crippen molar-refractivity contribution in [2.24, 2.45) is 4.99 Å². The number of terminal acetylenes is 1. The SMILES string of the molecule is C#CC=Nc1ccc(S(C)=O)cc1C. The predicted molar refractivity (Wildman–Crippen MR) is 60.5 cm³/mol. The van der Waals surface area contributed by atoms with Gasteiger partial charge in [0.05, 0.1) is 11.9 Å². The van der Waals surface area contributed by atoms with E-state index in [1.807, 2.05) is 19.1 Å². The van der Waals surface area contributed by atoms with Crippen LogP contribution in [-0.2, 0) is 10.8 Å². The molecular weight excluding hydrogens is 194 g/mol. The normalized spacial score (nSPS) is 12.6. The van der Waals surface area contributed by atoms with E-state index in [0.29, 0.717) is 0 Å². The van der Waals surface area contributed by atoms with E-state index >= 15 is 0 Å². The summed E-state index contributed by atoms with van der Waals surface area (Å²) in [5, 5.41) is 0. The highest BCUT2D eigenvalue weighted by atomic mass is 32.2. The molecule has 0 saturated heterocycles. The van der Waals surface area contributed by atoms with Gasteiger partial charge >= 0.3 is 0 Å². The third kappa shape index (κ3) is 2.54. The van der Waals surface area contributed by atoms with Crippen molar-refractivity contribution < 1.29 is 4.21 Å². The van der Waals surface area contributed by atoms with Gasteiger partial charge in [-0.15, -0.1) is 6.42 Å². The van der Waals surface area contributed by atoms with Crippen LogP contribution in [0.3, 0.4) is 0 Å². The van der Waals surface area contributed by atoms with E-state index in [9.17, 15) is 4.21 Å². The first-order valence-electron chi connectivity index (χ1n) is 4.08. The summed E-state index contributed by atoms with van der Waals surface area (Å²) in [5.74, 6) is 2.33. The van der Waals surface area contributed by atoms with E-state index < -0.39 is 10.8 Å². The van der Waals surface area contributed by atoms with Crippen molar-refractivity contribution in [3.8, 4) is 12.3 Å². The van der Waals surface area contributed by atoms with E-state index in [1.165, 1.54) is 6.21 Å². The molecular formula is C11H11NOS. The van der Waals surface area contributed by atoms with Crippen LogP contribution in [0.15, 0.2) is 28.1 Å². The lowest BCUT2D eigenvalue weighted by Gasteiger charge is -2.01. The molecule has 0 fully saturated rings. The van der Waals surface area contributed by atoms with E-state index in [2.05, 4.69) is 10.9 Å². The molecule has 3 heteroatoms. The van der Waals surface area contributed by atoms with E-state index in [0.717, 1.165) is 16.1 Å². The lowest BCUT2D eigenvalue weighted by atomic mass is 10.2. The second kappa shape index (κ2) is 4.73. The maximum Gasteiger partial charge on any atom is 0.0771 e. The Morgan fingerprint density at radius 1 is 1.57 bits per heavy atom. The highest BCUT2D eigenvalue weighted by Crippen LogP contribution is 2.20. The Balaban J connectivity index is 3.09. The highest BCUT2D eigenvalue weighted by molar-refractivity contribution is 7.84. The van der Waals surface area contributed by atoms with Crippen molar-refractivity contribution in [1.82, 2.24) is 0 Å². The maximum atomic E-state index is 11.2. The Bertz CT molecular complexity index is 429. The molecule has 1 unspecified atom stereocenters. The third-order valence-corrected chi connectivity index (χ3v) is 2.70. The molecule has 0 aliphatic heterocycles. The van der Waals surface area contributed by atoms with Gasteiger partial charge in [0.2, 0.25) is 0 Å². The van der Waals surface area contributed by atoms with Crippen LogP contribution in [0.4, 0.5) is 5.69 Å². The van der Waals surface area contributed by atoms with Gasteiger partial charge < -0.3 is 0 Å². The van der Waals surface area contributed by atoms with Crippen LogP contribution in [-0.4, -0.2) is 16.7 Å². The summed E-state index contributed by atoms with van der Waals surface area (Å²) in [5.41, 5.74) is 1.79. The molecule has 1 rings (SSSR count). The average molecular weight is 205 g/mol. The summed E-state index contributed by atoms with van der Waals surface area (Å²) in [6, 6.07) is 5.48. The van der Waals surface area contributed by atoms with Gasteiger partial charge in [-0.1, -0.05) is 5.92 Å². The van der Waals surface area contributed by atoms with Crippen LogP contribution in [0.25, 0.3) is 0 Å². The number of aliphatic imine (C=N–C) groups is 1. The molecule has 2 nitrogen and oxygen atoms in total. The van der Waals surface area contributed by atoms with Crippen LogP contribution in [0.5, 0.6) is 0 Å². The Kier molecular flexibility index (Phi) is 3.61. The first-order valence-corrected chi connectivity index (χ1v) is 5.63. The van der Waals surface area contributed by atoms with Crippen LogP contribution in [0, 0.1) is 19.3 Å². The monoisotopic (exact) mass is 205 g/mol. The molecule has 0 saturated carbocycles. The van der Waals surface area contributed by atoms with Crippen molar-refractivity contribution in [3.05, 3.63) is 23.8 Å². The second-order valence-corrected chi connectivity index (χ2v) is 4.21. The predicted octanol–water partition coefficient (Wildman–Crippen LogP) is 2.07. The number of hydrogen-bond donors (Lipinski definition) is 0. The summed E-state index contributed by atoms with van der Waals surface area (Å²) in [6.45, 7) is 1.92. The van der Waals surface area contributed by atoms with Crippen molar-refractivity contribution in [2.75, 3.05) is 6.26 Å². The minimum absolute atomic E-state index is 0.808. The fraction of sp³-hybridized carbons (Fsp3) is 0.182. The van der Waals surface area contributed by atoms with Crippen LogP contribution in [0.2, 0.25) is 0 Å². The van der Waals surface area contributed by atoms with Gasteiger partial charge in [0.15, 0.2) is 0 Å². The highest BCUT2D eigenvalue weighted by Gasteiger charge is 2.00. The Morgan fingerprint density at radius 3 is 2.79 bits per heavy atom. The number of rotatable bonds is 2. The quantitative estimate of drug-likeness (QED) is 0.537. The van der Waals surface area contributed by atoms with Gasteiger partial charge in [-0.3, -0.25) is 4.21 Å². The van der Waals surface area contributed by atoms with Crippen molar-refractivity contribution in [2.45, 2.75) is 11.8 Å². The molecule has 0 spiro atoms. The molecule has 0 bridgehead atoms. The van der Waals surface area contributed by atoms with Gasteiger partial charge in [-0.05, 0) is 30.7 Å². The molecule has 0 aliphatic carbocycles. The zero-order chi connectivity index (χ0) is 10.6. The Hall–Kier alpha value is -1.40. The van der Waals surface area contributed by atoms with Crippen LogP contribution < -0.4 is 0 Å². The molecule has 0 radical (unpaired) electrons. The lowest BCUT2D eigenvalue weighted by molar-refractivity contribution is 0.686. The molecule has 1 aromatic carbocycles. The van der Waals surface area contributed by atoms with Crippen LogP contribution in [0.1, 0.15) is 5.56 Å². The van der Waals surface area contributed by atoms with Crippen LogP contribution >= 0.6 is 0 Å². The molecule has 0 amide bonds. The molecule has 72 valence electrons. The summed E-state index contributed by atoms with van der Waals surface area (Å²) in [7, 11) is -0.945. The first kappa shape index (κ1) is 10.7. The first-order chi connectivity index (χ1) is 6.65. The molecule has 1 aromatic rings. The minimum Gasteiger partial charge on any atom is -0.255 e. The van der Waals surface area contributed by atoms with E-state index in [1.54, 1.807) is 12.3 Å². The van der Waals surface area contributed by atoms with Gasteiger partial charge in [0, 0.05) is 22.0 Å². The van der Waals surface area contributed by atoms with E-state index in [4.69, 9.17) is 6.42 Å². The van der Waals surface area contributed by atoms with Crippen molar-refractivity contribution in [3.63, 3.8) is 0 Å². The fourth-order valence-electron chi connectivity index (χ4n) is 1.06. The number of hydrogen-bond acceptors (Lipinski definition) is 2.